The molecule has 1 atom stereocenters. The molecule has 0 fully saturated rings. The van der Waals surface area contributed by atoms with Crippen molar-refractivity contribution in [2.45, 2.75) is 6.04 Å². The second-order valence-electron chi connectivity index (χ2n) is 1.18. The second-order valence-corrected chi connectivity index (χ2v) is 2.01. The summed E-state index contributed by atoms with van der Waals surface area (Å²) in [6, 6.07) is -0.599. The monoisotopic (exact) mass is 199 g/mol. The lowest BCUT2D eigenvalue weighted by Crippen LogP contribution is -2.31. The first-order chi connectivity index (χ1) is 3.72. The average molecular weight is 200 g/mol. The van der Waals surface area contributed by atoms with Gasteiger partial charge in [0.2, 0.25) is 0 Å². The quantitative estimate of drug-likeness (QED) is 0.452. The Hall–Kier alpha value is 0.260. The molecule has 0 rings (SSSR count). The van der Waals surface area contributed by atoms with E-state index in [2.05, 4.69) is 33.1 Å². The topological polar surface area (TPSA) is 49.3 Å². The minimum absolute atomic E-state index is 0.278. The predicted octanol–water partition coefficient (Wildman–Crippen LogP) is 0.269. The van der Waals surface area contributed by atoms with Gasteiger partial charge < -0.3 is 5.11 Å². The van der Waals surface area contributed by atoms with Gasteiger partial charge >= 0.3 is 5.97 Å². The van der Waals surface area contributed by atoms with E-state index < -0.39 is 12.0 Å². The first kappa shape index (κ1) is 8.26. The maximum absolute atomic E-state index is 10.0. The summed E-state index contributed by atoms with van der Waals surface area (Å²) in [6.07, 6.45) is 0. The van der Waals surface area contributed by atoms with Crippen LogP contribution in [-0.4, -0.2) is 22.9 Å². The van der Waals surface area contributed by atoms with Crippen molar-refractivity contribution in [2.75, 3.05) is 5.75 Å². The number of thiol groups is 1. The summed E-state index contributed by atoms with van der Waals surface area (Å²) in [5.74, 6) is -0.627. The van der Waals surface area contributed by atoms with E-state index in [1.165, 1.54) is 0 Å². The molecule has 2 N–H and O–H groups in total. The lowest BCUT2D eigenvalue weighted by Gasteiger charge is -2.02. The van der Waals surface area contributed by atoms with Crippen molar-refractivity contribution >= 4 is 34.7 Å². The molecular weight excluding hydrogens is 194 g/mol. The molecule has 8 heavy (non-hydrogen) atoms. The second kappa shape index (κ2) is 4.17. The van der Waals surface area contributed by atoms with Crippen LogP contribution < -0.4 is 4.34 Å². The number of aliphatic carboxylic acids is 1. The van der Waals surface area contributed by atoms with Gasteiger partial charge in [-0.05, 0) is 0 Å². The Morgan fingerprint density at radius 2 is 2.50 bits per heavy atom. The summed E-state index contributed by atoms with van der Waals surface area (Å²) in [5.41, 5.74) is 0. The smallest absolute Gasteiger partial charge is 0.322 e. The molecular formula is C3H6BrNO2S. The molecule has 0 aromatic heterocycles. The Balaban J connectivity index is 3.52. The lowest BCUT2D eigenvalue weighted by molar-refractivity contribution is -0.138. The van der Waals surface area contributed by atoms with E-state index in [1.54, 1.807) is 0 Å². The van der Waals surface area contributed by atoms with Crippen molar-refractivity contribution in [1.82, 2.24) is 4.34 Å². The number of carboxylic acids is 1. The van der Waals surface area contributed by atoms with Gasteiger partial charge in [0.15, 0.2) is 0 Å². The van der Waals surface area contributed by atoms with E-state index in [4.69, 9.17) is 5.11 Å². The summed E-state index contributed by atoms with van der Waals surface area (Å²) in [4.78, 5) is 10.0. The normalized spacial score (nSPS) is 13.2. The summed E-state index contributed by atoms with van der Waals surface area (Å²) in [6.45, 7) is 0. The van der Waals surface area contributed by atoms with Crippen molar-refractivity contribution < 1.29 is 9.90 Å². The van der Waals surface area contributed by atoms with Gasteiger partial charge in [0, 0.05) is 21.9 Å². The van der Waals surface area contributed by atoms with Gasteiger partial charge in [-0.1, -0.05) is 0 Å². The maximum atomic E-state index is 10.0. The zero-order valence-electron chi connectivity index (χ0n) is 3.97. The standard InChI is InChI=1S/C3H6BrNO2S/c4-5-2(1-8)3(6)7/h2,5,8H,1H2,(H,6,7)/t2-/m0/s1. The number of nitrogens with one attached hydrogen (secondary N) is 1. The molecule has 0 spiro atoms. The van der Waals surface area contributed by atoms with Crippen molar-refractivity contribution in [3.63, 3.8) is 0 Å². The molecule has 48 valence electrons. The number of carboxylic acid groups (broad SMARTS) is 1. The Labute approximate surface area is 61.2 Å². The molecule has 0 radical (unpaired) electrons. The largest absolute Gasteiger partial charge is 0.480 e. The molecule has 0 bridgehead atoms. The molecule has 5 heteroatoms. The average Bonchev–Trinajstić information content (AvgIpc) is 1.69. The van der Waals surface area contributed by atoms with E-state index in [9.17, 15) is 4.79 Å². The molecule has 0 aliphatic carbocycles. The summed E-state index contributed by atoms with van der Waals surface area (Å²) in [7, 11) is 0. The fraction of sp³-hybridized carbons (Fsp3) is 0.667. The van der Waals surface area contributed by atoms with Gasteiger partial charge in [-0.3, -0.25) is 4.79 Å². The van der Waals surface area contributed by atoms with Crippen molar-refractivity contribution in [2.24, 2.45) is 0 Å². The third kappa shape index (κ3) is 2.54. The van der Waals surface area contributed by atoms with Crippen LogP contribution in [0.25, 0.3) is 0 Å². The van der Waals surface area contributed by atoms with Crippen molar-refractivity contribution in [3.05, 3.63) is 0 Å². The molecule has 0 aromatic carbocycles. The molecule has 0 aliphatic heterocycles. The maximum Gasteiger partial charge on any atom is 0.322 e. The van der Waals surface area contributed by atoms with Crippen LogP contribution >= 0.6 is 28.8 Å². The number of hydrogen-bond acceptors (Lipinski definition) is 3. The van der Waals surface area contributed by atoms with Crippen LogP contribution in [0.2, 0.25) is 0 Å². The van der Waals surface area contributed by atoms with E-state index in [-0.39, 0.29) is 5.75 Å². The number of hydrogen-bond donors (Lipinski definition) is 3. The molecule has 0 aliphatic rings. The van der Waals surface area contributed by atoms with Crippen LogP contribution in [-0.2, 0) is 4.79 Å². The lowest BCUT2D eigenvalue weighted by atomic mass is 10.4. The van der Waals surface area contributed by atoms with Crippen molar-refractivity contribution in [3.8, 4) is 0 Å². The van der Waals surface area contributed by atoms with Crippen LogP contribution in [0.15, 0.2) is 0 Å². The summed E-state index contributed by atoms with van der Waals surface area (Å²) >= 11 is 6.56. The van der Waals surface area contributed by atoms with Crippen LogP contribution in [0.3, 0.4) is 0 Å². The molecule has 0 saturated carbocycles. The first-order valence-corrected chi connectivity index (χ1v) is 3.34. The van der Waals surface area contributed by atoms with Gasteiger partial charge in [-0.15, -0.1) is 0 Å². The summed E-state index contributed by atoms with van der Waals surface area (Å²) in [5, 5.41) is 8.23. The highest BCUT2D eigenvalue weighted by atomic mass is 79.9. The molecule has 0 heterocycles. The van der Waals surface area contributed by atoms with Gasteiger partial charge in [-0.2, -0.15) is 12.6 Å². The van der Waals surface area contributed by atoms with Gasteiger partial charge in [-0.25, -0.2) is 4.34 Å². The predicted molar refractivity (Wildman–Crippen MR) is 37.3 cm³/mol. The van der Waals surface area contributed by atoms with Crippen LogP contribution in [0, 0.1) is 0 Å². The van der Waals surface area contributed by atoms with Gasteiger partial charge in [0.05, 0.1) is 0 Å². The zero-order valence-corrected chi connectivity index (χ0v) is 6.45. The molecule has 0 amide bonds. The van der Waals surface area contributed by atoms with E-state index in [1.807, 2.05) is 0 Å². The molecule has 0 saturated heterocycles. The molecule has 0 aromatic rings. The van der Waals surface area contributed by atoms with Gasteiger partial charge in [0.1, 0.15) is 6.04 Å². The van der Waals surface area contributed by atoms with Gasteiger partial charge in [0.25, 0.3) is 0 Å². The Morgan fingerprint density at radius 3 is 2.50 bits per heavy atom. The Morgan fingerprint density at radius 1 is 2.00 bits per heavy atom. The number of halogens is 1. The Bertz CT molecular complexity index is 85.4. The third-order valence-corrected chi connectivity index (χ3v) is 1.53. The number of rotatable bonds is 3. The minimum atomic E-state index is -0.906. The van der Waals surface area contributed by atoms with Crippen LogP contribution in [0.1, 0.15) is 0 Å². The highest BCUT2D eigenvalue weighted by molar-refractivity contribution is 9.08. The highest BCUT2D eigenvalue weighted by Crippen LogP contribution is 1.89. The molecule has 0 unspecified atom stereocenters. The van der Waals surface area contributed by atoms with E-state index >= 15 is 0 Å². The van der Waals surface area contributed by atoms with Crippen LogP contribution in [0.5, 0.6) is 0 Å². The van der Waals surface area contributed by atoms with Crippen molar-refractivity contribution in [1.29, 1.82) is 0 Å². The number of carbonyl (C=O) groups is 1. The van der Waals surface area contributed by atoms with E-state index in [0.29, 0.717) is 0 Å². The first-order valence-electron chi connectivity index (χ1n) is 1.92. The van der Waals surface area contributed by atoms with E-state index in [0.717, 1.165) is 0 Å². The van der Waals surface area contributed by atoms with Crippen LogP contribution in [0.4, 0.5) is 0 Å². The zero-order chi connectivity index (χ0) is 6.57. The molecule has 3 nitrogen and oxygen atoms in total. The highest BCUT2D eigenvalue weighted by Gasteiger charge is 2.11. The SMILES string of the molecule is O=C(O)[C@H](CS)NBr. The third-order valence-electron chi connectivity index (χ3n) is 0.612. The fourth-order valence-electron chi connectivity index (χ4n) is 0.159. The Kier molecular flexibility index (Phi) is 4.31. The fourth-order valence-corrected chi connectivity index (χ4v) is 1.01. The summed E-state index contributed by atoms with van der Waals surface area (Å²) < 4.78 is 2.39. The minimum Gasteiger partial charge on any atom is -0.480 e.